The Morgan fingerprint density at radius 2 is 1.71 bits per heavy atom. The van der Waals surface area contributed by atoms with Crippen LogP contribution in [0, 0.1) is 11.8 Å². The number of carbonyl (C=O) groups excluding carboxylic acids is 2. The van der Waals surface area contributed by atoms with Crippen molar-refractivity contribution in [2.45, 2.75) is 38.3 Å². The van der Waals surface area contributed by atoms with Crippen LogP contribution in [0.5, 0.6) is 0 Å². The minimum Gasteiger partial charge on any atom is -0.548 e. The second kappa shape index (κ2) is 9.07. The summed E-state index contributed by atoms with van der Waals surface area (Å²) in [6.45, 7) is 0.455. The van der Waals surface area contributed by atoms with Crippen LogP contribution in [-0.4, -0.2) is 26.9 Å². The number of benzene rings is 2. The summed E-state index contributed by atoms with van der Waals surface area (Å²) in [7, 11) is 0. The number of hydrogen-bond acceptors (Lipinski definition) is 6. The highest BCUT2D eigenvalue weighted by Crippen LogP contribution is 2.30. The van der Waals surface area contributed by atoms with E-state index in [1.54, 1.807) is 48.5 Å². The quantitative estimate of drug-likeness (QED) is 0.642. The second-order valence-electron chi connectivity index (χ2n) is 7.98. The Hall–Kier alpha value is -3.55. The number of aliphatic carboxylic acids is 1. The molecule has 1 aromatic heterocycles. The predicted molar refractivity (Wildman–Crippen MR) is 112 cm³/mol. The van der Waals surface area contributed by atoms with Crippen molar-refractivity contribution in [3.8, 4) is 0 Å². The molecule has 1 amide bonds. The lowest BCUT2D eigenvalue weighted by Crippen LogP contribution is -2.44. The van der Waals surface area contributed by atoms with Crippen LogP contribution in [0.3, 0.4) is 0 Å². The molecule has 1 aliphatic carbocycles. The van der Waals surface area contributed by atoms with Gasteiger partial charge in [0, 0.05) is 12.5 Å². The Labute approximate surface area is 178 Å². The van der Waals surface area contributed by atoms with Crippen molar-refractivity contribution < 1.29 is 14.7 Å². The van der Waals surface area contributed by atoms with Crippen molar-refractivity contribution in [1.29, 1.82) is 0 Å². The summed E-state index contributed by atoms with van der Waals surface area (Å²) in [6, 6.07) is 14.5. The van der Waals surface area contributed by atoms with E-state index in [9.17, 15) is 19.5 Å². The highest BCUT2D eigenvalue weighted by molar-refractivity contribution is 5.85. The molecule has 2 aromatic carbocycles. The molecule has 1 fully saturated rings. The van der Waals surface area contributed by atoms with Crippen LogP contribution in [0.2, 0.25) is 0 Å². The van der Waals surface area contributed by atoms with Gasteiger partial charge in [-0.15, -0.1) is 5.10 Å². The zero-order chi connectivity index (χ0) is 21.8. The molecule has 8 nitrogen and oxygen atoms in total. The summed E-state index contributed by atoms with van der Waals surface area (Å²) in [5, 5.41) is 22.9. The number of amides is 1. The minimum atomic E-state index is -1.33. The smallest absolute Gasteiger partial charge is 0.277 e. The molecule has 1 atom stereocenters. The lowest BCUT2D eigenvalue weighted by atomic mass is 9.81. The summed E-state index contributed by atoms with van der Waals surface area (Å²) in [5.74, 6) is -1.66. The number of nitrogens with one attached hydrogen (secondary N) is 1. The first-order valence-corrected chi connectivity index (χ1v) is 10.4. The zero-order valence-electron chi connectivity index (χ0n) is 16.9. The number of fused-ring (bicyclic) bond motifs is 1. The lowest BCUT2D eigenvalue weighted by molar-refractivity contribution is -0.308. The number of carboxylic acids is 1. The van der Waals surface area contributed by atoms with Gasteiger partial charge in [0.25, 0.3) is 5.56 Å². The number of nitrogens with zero attached hydrogens (tertiary/aromatic N) is 3. The van der Waals surface area contributed by atoms with Gasteiger partial charge in [0.05, 0.1) is 17.4 Å². The Morgan fingerprint density at radius 1 is 1.03 bits per heavy atom. The van der Waals surface area contributed by atoms with Crippen LogP contribution in [0.1, 0.15) is 37.3 Å². The molecule has 0 saturated heterocycles. The minimum absolute atomic E-state index is 0.162. The standard InChI is InChI=1S/C23H24N4O4/c28-21(24-20(23(30)31)16-6-2-1-3-7-16)17-12-10-15(11-13-17)14-27-22(29)18-8-4-5-9-19(18)25-26-27/h1-9,15,17,20H,10-14H2,(H,24,28)(H,30,31)/p-1/t15?,17?,20-/m0/s1. The van der Waals surface area contributed by atoms with Gasteiger partial charge in [-0.2, -0.15) is 0 Å². The first kappa shape index (κ1) is 20.7. The van der Waals surface area contributed by atoms with Crippen LogP contribution in [0.25, 0.3) is 10.9 Å². The molecule has 1 saturated carbocycles. The number of rotatable bonds is 6. The number of carboxylic acid groups (broad SMARTS) is 1. The topological polar surface area (TPSA) is 117 Å². The molecule has 0 bridgehead atoms. The fourth-order valence-corrected chi connectivity index (χ4v) is 4.18. The number of carbonyl (C=O) groups is 2. The summed E-state index contributed by atoms with van der Waals surface area (Å²) in [4.78, 5) is 36.8. The summed E-state index contributed by atoms with van der Waals surface area (Å²) in [6.07, 6.45) is 2.75. The number of aromatic nitrogens is 3. The number of hydrogen-bond donors (Lipinski definition) is 1. The van der Waals surface area contributed by atoms with Gasteiger partial charge in [-0.1, -0.05) is 47.7 Å². The van der Waals surface area contributed by atoms with Gasteiger partial charge in [0.1, 0.15) is 5.52 Å². The molecule has 0 spiro atoms. The molecule has 31 heavy (non-hydrogen) atoms. The SMILES string of the molecule is O=C(N[C@H](C(=O)[O-])c1ccccc1)C1CCC(Cn2nnc3ccccc3c2=O)CC1. The van der Waals surface area contributed by atoms with Crippen molar-refractivity contribution in [2.24, 2.45) is 11.8 Å². The molecule has 0 unspecified atom stereocenters. The molecular formula is C23H23N4O4-. The van der Waals surface area contributed by atoms with Crippen molar-refractivity contribution in [3.05, 3.63) is 70.5 Å². The van der Waals surface area contributed by atoms with Gasteiger partial charge < -0.3 is 15.2 Å². The molecule has 1 aliphatic rings. The third kappa shape index (κ3) is 4.63. The largest absolute Gasteiger partial charge is 0.548 e. The van der Waals surface area contributed by atoms with E-state index in [1.807, 2.05) is 6.07 Å². The van der Waals surface area contributed by atoms with Gasteiger partial charge in [0.15, 0.2) is 0 Å². The summed E-state index contributed by atoms with van der Waals surface area (Å²) < 4.78 is 1.40. The average molecular weight is 419 g/mol. The third-order valence-electron chi connectivity index (χ3n) is 5.93. The maximum absolute atomic E-state index is 12.7. The van der Waals surface area contributed by atoms with E-state index < -0.39 is 12.0 Å². The fraction of sp³-hybridized carbons (Fsp3) is 0.348. The summed E-state index contributed by atoms with van der Waals surface area (Å²) in [5.41, 5.74) is 0.897. The molecule has 4 rings (SSSR count). The highest BCUT2D eigenvalue weighted by atomic mass is 16.4. The normalized spacial score (nSPS) is 19.6. The molecule has 1 N–H and O–H groups in total. The van der Waals surface area contributed by atoms with E-state index in [4.69, 9.17) is 0 Å². The van der Waals surface area contributed by atoms with Crippen molar-refractivity contribution in [2.75, 3.05) is 0 Å². The molecule has 8 heteroatoms. The van der Waals surface area contributed by atoms with E-state index in [-0.39, 0.29) is 23.3 Å². The van der Waals surface area contributed by atoms with Crippen molar-refractivity contribution in [3.63, 3.8) is 0 Å². The van der Waals surface area contributed by atoms with Crippen molar-refractivity contribution in [1.82, 2.24) is 20.3 Å². The maximum Gasteiger partial charge on any atom is 0.277 e. The molecular weight excluding hydrogens is 396 g/mol. The van der Waals surface area contributed by atoms with E-state index >= 15 is 0 Å². The predicted octanol–water partition coefficient (Wildman–Crippen LogP) is 1.21. The Balaban J connectivity index is 1.36. The van der Waals surface area contributed by atoms with Gasteiger partial charge in [-0.3, -0.25) is 9.59 Å². The van der Waals surface area contributed by atoms with Crippen LogP contribution >= 0.6 is 0 Å². The zero-order valence-corrected chi connectivity index (χ0v) is 16.9. The second-order valence-corrected chi connectivity index (χ2v) is 7.98. The summed E-state index contributed by atoms with van der Waals surface area (Å²) >= 11 is 0. The molecule has 3 aromatic rings. The Bertz CT molecular complexity index is 1140. The van der Waals surface area contributed by atoms with E-state index in [1.165, 1.54) is 4.68 Å². The molecule has 160 valence electrons. The van der Waals surface area contributed by atoms with Gasteiger partial charge in [-0.05, 0) is 49.3 Å². The first-order valence-electron chi connectivity index (χ1n) is 10.4. The van der Waals surface area contributed by atoms with Gasteiger partial charge >= 0.3 is 0 Å². The van der Waals surface area contributed by atoms with Crippen LogP contribution < -0.4 is 16.0 Å². The Kier molecular flexibility index (Phi) is 6.06. The van der Waals surface area contributed by atoms with E-state index in [0.29, 0.717) is 35.9 Å². The molecule has 0 radical (unpaired) electrons. The fourth-order valence-electron chi connectivity index (χ4n) is 4.18. The van der Waals surface area contributed by atoms with E-state index in [2.05, 4.69) is 15.6 Å². The molecule has 0 aliphatic heterocycles. The van der Waals surface area contributed by atoms with Crippen LogP contribution in [0.4, 0.5) is 0 Å². The van der Waals surface area contributed by atoms with Crippen LogP contribution in [0.15, 0.2) is 59.4 Å². The van der Waals surface area contributed by atoms with E-state index in [0.717, 1.165) is 12.8 Å². The monoisotopic (exact) mass is 419 g/mol. The van der Waals surface area contributed by atoms with Crippen LogP contribution in [-0.2, 0) is 16.1 Å². The molecule has 1 heterocycles. The van der Waals surface area contributed by atoms with Gasteiger partial charge in [-0.25, -0.2) is 4.68 Å². The van der Waals surface area contributed by atoms with Crippen molar-refractivity contribution >= 4 is 22.8 Å². The average Bonchev–Trinajstić information content (AvgIpc) is 2.80. The maximum atomic E-state index is 12.7. The lowest BCUT2D eigenvalue weighted by Gasteiger charge is -2.29. The Morgan fingerprint density at radius 3 is 2.42 bits per heavy atom. The first-order chi connectivity index (χ1) is 15.0. The van der Waals surface area contributed by atoms with Gasteiger partial charge in [0.2, 0.25) is 5.91 Å². The third-order valence-corrected chi connectivity index (χ3v) is 5.93. The highest BCUT2D eigenvalue weighted by Gasteiger charge is 2.29.